The molecule has 35 heavy (non-hydrogen) atoms. The van der Waals surface area contributed by atoms with Gasteiger partial charge in [0, 0.05) is 34.6 Å². The molecule has 0 unspecified atom stereocenters. The molecule has 1 aromatic heterocycles. The fourth-order valence-electron chi connectivity index (χ4n) is 4.74. The number of hydrogen-bond donors (Lipinski definition) is 1. The van der Waals surface area contributed by atoms with Crippen molar-refractivity contribution in [3.8, 4) is 5.75 Å². The van der Waals surface area contributed by atoms with E-state index in [9.17, 15) is 9.59 Å². The Bertz CT molecular complexity index is 1410. The highest BCUT2D eigenvalue weighted by molar-refractivity contribution is 6.30. The van der Waals surface area contributed by atoms with Gasteiger partial charge in [0.1, 0.15) is 17.0 Å². The molecule has 7 heteroatoms. The van der Waals surface area contributed by atoms with Crippen molar-refractivity contribution in [3.63, 3.8) is 0 Å². The molecular weight excluding hydrogens is 462 g/mol. The molecule has 2 heterocycles. The molecule has 4 aromatic rings. The number of nitrogens with zero attached hydrogens (tertiary/aromatic N) is 2. The van der Waals surface area contributed by atoms with Crippen LogP contribution in [0, 0.1) is 0 Å². The lowest BCUT2D eigenvalue weighted by atomic mass is 9.93. The number of benzene rings is 3. The third-order valence-corrected chi connectivity index (χ3v) is 6.96. The Morgan fingerprint density at radius 3 is 2.54 bits per heavy atom. The smallest absolute Gasteiger partial charge is 0.271 e. The normalized spacial score (nSPS) is 17.3. The van der Waals surface area contributed by atoms with Crippen molar-refractivity contribution in [2.45, 2.75) is 32.1 Å². The van der Waals surface area contributed by atoms with Crippen molar-refractivity contribution in [1.29, 1.82) is 0 Å². The SMILES string of the molecule is COc1ccccc1CNC(=O)[C@]1(C)Cn2c(cc3ccccc32)C(=O)N1Cc1ccc(Cl)cc1. The van der Waals surface area contributed by atoms with Gasteiger partial charge in [-0.2, -0.15) is 0 Å². The fourth-order valence-corrected chi connectivity index (χ4v) is 4.87. The van der Waals surface area contributed by atoms with Crippen LogP contribution in [0.15, 0.2) is 78.9 Å². The fraction of sp³-hybridized carbons (Fsp3) is 0.214. The van der Waals surface area contributed by atoms with E-state index < -0.39 is 5.54 Å². The van der Waals surface area contributed by atoms with E-state index in [4.69, 9.17) is 16.3 Å². The van der Waals surface area contributed by atoms with Crippen LogP contribution >= 0.6 is 11.6 Å². The van der Waals surface area contributed by atoms with Gasteiger partial charge in [0.15, 0.2) is 0 Å². The monoisotopic (exact) mass is 487 g/mol. The van der Waals surface area contributed by atoms with Gasteiger partial charge in [-0.1, -0.05) is 60.1 Å². The quantitative estimate of drug-likeness (QED) is 0.414. The summed E-state index contributed by atoms with van der Waals surface area (Å²) in [4.78, 5) is 29.3. The Morgan fingerprint density at radius 1 is 1.06 bits per heavy atom. The van der Waals surface area contributed by atoms with E-state index >= 15 is 0 Å². The van der Waals surface area contributed by atoms with Crippen LogP contribution in [0.4, 0.5) is 0 Å². The van der Waals surface area contributed by atoms with Crippen LogP contribution in [-0.2, 0) is 24.4 Å². The second-order valence-corrected chi connectivity index (χ2v) is 9.40. The summed E-state index contributed by atoms with van der Waals surface area (Å²) >= 11 is 6.07. The molecule has 1 N–H and O–H groups in total. The van der Waals surface area contributed by atoms with Gasteiger partial charge in [0.25, 0.3) is 5.91 Å². The molecule has 0 spiro atoms. The molecule has 178 valence electrons. The molecule has 1 aliphatic rings. The third-order valence-electron chi connectivity index (χ3n) is 6.71. The minimum absolute atomic E-state index is 0.183. The van der Waals surface area contributed by atoms with Gasteiger partial charge in [-0.05, 0) is 42.8 Å². The Hall–Kier alpha value is -3.77. The Labute approximate surface area is 209 Å². The number of hydrogen-bond acceptors (Lipinski definition) is 3. The Balaban J connectivity index is 1.52. The third kappa shape index (κ3) is 4.15. The first kappa shape index (κ1) is 23.0. The minimum atomic E-state index is -1.12. The number of amides is 2. The molecular formula is C28H26ClN3O3. The number of nitrogens with one attached hydrogen (secondary N) is 1. The van der Waals surface area contributed by atoms with E-state index in [2.05, 4.69) is 5.32 Å². The summed E-state index contributed by atoms with van der Waals surface area (Å²) in [6, 6.07) is 24.7. The summed E-state index contributed by atoms with van der Waals surface area (Å²) in [5.74, 6) is 0.292. The molecule has 3 aromatic carbocycles. The molecule has 0 saturated carbocycles. The number of carbonyl (C=O) groups excluding carboxylic acids is 2. The zero-order chi connectivity index (χ0) is 24.6. The van der Waals surface area contributed by atoms with Crippen LogP contribution in [0.1, 0.15) is 28.5 Å². The first-order chi connectivity index (χ1) is 16.9. The van der Waals surface area contributed by atoms with Crippen LogP contribution < -0.4 is 10.1 Å². The maximum atomic E-state index is 13.8. The maximum absolute atomic E-state index is 13.8. The van der Waals surface area contributed by atoms with Gasteiger partial charge in [0.05, 0.1) is 13.7 Å². The van der Waals surface area contributed by atoms with Crippen LogP contribution in [-0.4, -0.2) is 33.9 Å². The lowest BCUT2D eigenvalue weighted by molar-refractivity contribution is -0.133. The number of aromatic nitrogens is 1. The van der Waals surface area contributed by atoms with E-state index in [0.29, 0.717) is 29.6 Å². The van der Waals surface area contributed by atoms with Crippen molar-refractivity contribution in [2.75, 3.05) is 7.11 Å². The molecule has 0 fully saturated rings. The average Bonchev–Trinajstić information content (AvgIpc) is 3.24. The highest BCUT2D eigenvalue weighted by Crippen LogP contribution is 2.34. The number of methoxy groups -OCH3 is 1. The predicted molar refractivity (Wildman–Crippen MR) is 137 cm³/mol. The van der Waals surface area contributed by atoms with E-state index in [1.165, 1.54) is 0 Å². The van der Waals surface area contributed by atoms with Crippen molar-refractivity contribution in [2.24, 2.45) is 0 Å². The number of halogens is 1. The van der Waals surface area contributed by atoms with Crippen LogP contribution in [0.5, 0.6) is 5.75 Å². The molecule has 1 aliphatic heterocycles. The maximum Gasteiger partial charge on any atom is 0.271 e. The van der Waals surface area contributed by atoms with E-state index in [-0.39, 0.29) is 18.4 Å². The highest BCUT2D eigenvalue weighted by atomic mass is 35.5. The summed E-state index contributed by atoms with van der Waals surface area (Å²) in [5.41, 5.74) is 2.16. The summed E-state index contributed by atoms with van der Waals surface area (Å²) in [7, 11) is 1.61. The van der Waals surface area contributed by atoms with Gasteiger partial charge in [-0.3, -0.25) is 9.59 Å². The van der Waals surface area contributed by atoms with Crippen molar-refractivity contribution in [3.05, 3.63) is 101 Å². The summed E-state index contributed by atoms with van der Waals surface area (Å²) in [6.07, 6.45) is 0. The van der Waals surface area contributed by atoms with Crippen molar-refractivity contribution < 1.29 is 14.3 Å². The minimum Gasteiger partial charge on any atom is -0.496 e. The molecule has 0 radical (unpaired) electrons. The number of rotatable bonds is 6. The van der Waals surface area contributed by atoms with E-state index in [1.807, 2.05) is 78.2 Å². The van der Waals surface area contributed by atoms with Crippen molar-refractivity contribution >= 4 is 34.3 Å². The second-order valence-electron chi connectivity index (χ2n) is 8.96. The molecule has 6 nitrogen and oxygen atoms in total. The first-order valence-corrected chi connectivity index (χ1v) is 11.8. The van der Waals surface area contributed by atoms with Gasteiger partial charge in [-0.15, -0.1) is 0 Å². The number of carbonyl (C=O) groups is 2. The van der Waals surface area contributed by atoms with Crippen LogP contribution in [0.2, 0.25) is 5.02 Å². The summed E-state index contributed by atoms with van der Waals surface area (Å²) in [6.45, 7) is 2.75. The molecule has 5 rings (SSSR count). The topological polar surface area (TPSA) is 63.6 Å². The largest absolute Gasteiger partial charge is 0.496 e. The summed E-state index contributed by atoms with van der Waals surface area (Å²) in [5, 5.41) is 4.65. The predicted octanol–water partition coefficient (Wildman–Crippen LogP) is 5.03. The van der Waals surface area contributed by atoms with E-state index in [0.717, 1.165) is 22.0 Å². The number of ether oxygens (including phenoxy) is 1. The zero-order valence-corrected chi connectivity index (χ0v) is 20.4. The highest BCUT2D eigenvalue weighted by Gasteiger charge is 2.47. The second kappa shape index (κ2) is 9.12. The molecule has 0 saturated heterocycles. The molecule has 1 atom stereocenters. The summed E-state index contributed by atoms with van der Waals surface area (Å²) < 4.78 is 7.39. The van der Waals surface area contributed by atoms with E-state index in [1.54, 1.807) is 24.1 Å². The first-order valence-electron chi connectivity index (χ1n) is 11.5. The van der Waals surface area contributed by atoms with Gasteiger partial charge >= 0.3 is 0 Å². The molecule has 0 aliphatic carbocycles. The lowest BCUT2D eigenvalue weighted by Gasteiger charge is -2.44. The number of fused-ring (bicyclic) bond motifs is 3. The lowest BCUT2D eigenvalue weighted by Crippen LogP contribution is -2.63. The molecule has 2 amide bonds. The Morgan fingerprint density at radius 2 is 1.77 bits per heavy atom. The number of para-hydroxylation sites is 2. The van der Waals surface area contributed by atoms with Crippen LogP contribution in [0.3, 0.4) is 0 Å². The molecule has 0 bridgehead atoms. The van der Waals surface area contributed by atoms with Gasteiger partial charge < -0.3 is 19.5 Å². The van der Waals surface area contributed by atoms with Crippen molar-refractivity contribution in [1.82, 2.24) is 14.8 Å². The van der Waals surface area contributed by atoms with Gasteiger partial charge in [0.2, 0.25) is 5.91 Å². The zero-order valence-electron chi connectivity index (χ0n) is 19.6. The Kier molecular flexibility index (Phi) is 5.99. The standard InChI is InChI=1S/C28H26ClN3O3/c1-28(27(34)30-16-21-8-4-6-10-25(21)35-2)18-31-23-9-5-3-7-20(23)15-24(31)26(33)32(28)17-19-11-13-22(29)14-12-19/h3-15H,16-18H2,1-2H3,(H,30,34)/t28-/m0/s1. The van der Waals surface area contributed by atoms with Crippen LogP contribution in [0.25, 0.3) is 10.9 Å². The average molecular weight is 488 g/mol. The van der Waals surface area contributed by atoms with Gasteiger partial charge in [-0.25, -0.2) is 0 Å².